The van der Waals surface area contributed by atoms with Gasteiger partial charge < -0.3 is 19.7 Å². The van der Waals surface area contributed by atoms with Crippen LogP contribution in [0.4, 0.5) is 5.69 Å². The van der Waals surface area contributed by atoms with Gasteiger partial charge in [-0.2, -0.15) is 0 Å². The molecule has 0 aromatic heterocycles. The van der Waals surface area contributed by atoms with E-state index < -0.39 is 23.5 Å². The molecule has 3 aromatic rings. The van der Waals surface area contributed by atoms with Gasteiger partial charge >= 0.3 is 0 Å². The lowest BCUT2D eigenvalue weighted by Gasteiger charge is -2.26. The Balaban J connectivity index is 1.97. The quantitative estimate of drug-likeness (QED) is 0.322. The van der Waals surface area contributed by atoms with Crippen LogP contribution >= 0.6 is 11.6 Å². The lowest BCUT2D eigenvalue weighted by atomic mass is 9.95. The van der Waals surface area contributed by atoms with Crippen molar-refractivity contribution in [1.82, 2.24) is 0 Å². The summed E-state index contributed by atoms with van der Waals surface area (Å²) in [5.74, 6) is -1.18. The van der Waals surface area contributed by atoms with Crippen molar-refractivity contribution in [3.8, 4) is 17.2 Å². The van der Waals surface area contributed by atoms with Gasteiger partial charge in [0.15, 0.2) is 0 Å². The van der Waals surface area contributed by atoms with E-state index in [0.717, 1.165) is 0 Å². The number of anilines is 1. The minimum atomic E-state index is -0.972. The van der Waals surface area contributed by atoms with Gasteiger partial charge in [-0.1, -0.05) is 29.8 Å². The number of methoxy groups -OCH3 is 2. The Morgan fingerprint density at radius 2 is 1.61 bits per heavy atom. The van der Waals surface area contributed by atoms with Crippen molar-refractivity contribution in [2.24, 2.45) is 0 Å². The summed E-state index contributed by atoms with van der Waals surface area (Å²) in [5.41, 5.74) is 0.938. The van der Waals surface area contributed by atoms with Crippen LogP contribution in [0, 0.1) is 0 Å². The molecule has 1 unspecified atom stereocenters. The maximum absolute atomic E-state index is 13.2. The molecule has 1 fully saturated rings. The van der Waals surface area contributed by atoms with E-state index in [1.165, 1.54) is 43.4 Å². The molecule has 1 atom stereocenters. The molecule has 3 aromatic carbocycles. The SMILES string of the molecule is COc1cccc(N2C(=O)C(=O)/C(=C(/O)c3cc(OC)ccc3Cl)C2c2ccc(O)cc2)c1. The van der Waals surface area contributed by atoms with Crippen molar-refractivity contribution >= 4 is 34.7 Å². The Bertz CT molecular complexity index is 1270. The second kappa shape index (κ2) is 8.88. The Morgan fingerprint density at radius 3 is 2.27 bits per heavy atom. The van der Waals surface area contributed by atoms with Crippen LogP contribution in [0.1, 0.15) is 17.2 Å². The number of carbonyl (C=O) groups excluding carboxylic acids is 2. The molecule has 1 saturated heterocycles. The summed E-state index contributed by atoms with van der Waals surface area (Å²) >= 11 is 6.31. The van der Waals surface area contributed by atoms with Gasteiger partial charge in [0, 0.05) is 17.3 Å². The number of hydrogen-bond acceptors (Lipinski definition) is 6. The van der Waals surface area contributed by atoms with Gasteiger partial charge in [-0.3, -0.25) is 14.5 Å². The first-order valence-corrected chi connectivity index (χ1v) is 10.3. The second-order valence-electron chi connectivity index (χ2n) is 7.31. The molecular weight excluding hydrogens is 446 g/mol. The van der Waals surface area contributed by atoms with Crippen molar-refractivity contribution in [3.63, 3.8) is 0 Å². The van der Waals surface area contributed by atoms with Gasteiger partial charge in [0.2, 0.25) is 0 Å². The number of phenols is 1. The Kier molecular flexibility index (Phi) is 5.98. The van der Waals surface area contributed by atoms with Crippen LogP contribution in [0.3, 0.4) is 0 Å². The molecule has 0 radical (unpaired) electrons. The van der Waals surface area contributed by atoms with Crippen LogP contribution in [-0.2, 0) is 9.59 Å². The molecule has 168 valence electrons. The fourth-order valence-corrected chi connectivity index (χ4v) is 4.00. The monoisotopic (exact) mass is 465 g/mol. The molecule has 33 heavy (non-hydrogen) atoms. The Hall–Kier alpha value is -3.97. The molecule has 2 N–H and O–H groups in total. The summed E-state index contributed by atoms with van der Waals surface area (Å²) in [7, 11) is 2.96. The highest BCUT2D eigenvalue weighted by molar-refractivity contribution is 6.52. The first kappa shape index (κ1) is 22.2. The molecule has 1 aliphatic heterocycles. The Morgan fingerprint density at radius 1 is 0.939 bits per heavy atom. The molecule has 0 bridgehead atoms. The summed E-state index contributed by atoms with van der Waals surface area (Å²) in [6.45, 7) is 0. The van der Waals surface area contributed by atoms with Crippen LogP contribution in [-0.4, -0.2) is 36.1 Å². The average Bonchev–Trinajstić information content (AvgIpc) is 3.10. The van der Waals surface area contributed by atoms with Gasteiger partial charge in [0.05, 0.1) is 30.9 Å². The van der Waals surface area contributed by atoms with E-state index in [9.17, 15) is 19.8 Å². The number of nitrogens with zero attached hydrogens (tertiary/aromatic N) is 1. The van der Waals surface area contributed by atoms with Crippen molar-refractivity contribution in [2.45, 2.75) is 6.04 Å². The first-order chi connectivity index (χ1) is 15.8. The predicted molar refractivity (Wildman–Crippen MR) is 124 cm³/mol. The molecule has 1 amide bonds. The standard InChI is InChI=1S/C25H20ClNO6/c1-32-17-5-3-4-15(12-17)27-22(14-6-8-16(28)9-7-14)21(24(30)25(27)31)23(29)19-13-18(33-2)10-11-20(19)26/h3-13,22,28-29H,1-2H3/b23-21+. The summed E-state index contributed by atoms with van der Waals surface area (Å²) in [4.78, 5) is 27.7. The number of phenolic OH excluding ortho intramolecular Hbond substituents is 1. The topological polar surface area (TPSA) is 96.3 Å². The molecule has 1 heterocycles. The number of halogens is 1. The van der Waals surface area contributed by atoms with E-state index in [0.29, 0.717) is 22.7 Å². The Labute approximate surface area is 195 Å². The number of aliphatic hydroxyl groups is 1. The van der Waals surface area contributed by atoms with E-state index in [-0.39, 0.29) is 21.9 Å². The van der Waals surface area contributed by atoms with Crippen molar-refractivity contribution in [3.05, 3.63) is 88.5 Å². The third-order valence-electron chi connectivity index (χ3n) is 5.41. The van der Waals surface area contributed by atoms with Crippen LogP contribution in [0.25, 0.3) is 5.76 Å². The normalized spacial score (nSPS) is 17.3. The summed E-state index contributed by atoms with van der Waals surface area (Å²) in [6, 6.07) is 16.4. The van der Waals surface area contributed by atoms with Gasteiger partial charge in [0.1, 0.15) is 23.0 Å². The molecule has 4 rings (SSSR count). The lowest BCUT2D eigenvalue weighted by Crippen LogP contribution is -2.29. The first-order valence-electron chi connectivity index (χ1n) is 9.93. The van der Waals surface area contributed by atoms with E-state index >= 15 is 0 Å². The van der Waals surface area contributed by atoms with Crippen LogP contribution in [0.2, 0.25) is 5.02 Å². The van der Waals surface area contributed by atoms with Crippen molar-refractivity contribution in [2.75, 3.05) is 19.1 Å². The van der Waals surface area contributed by atoms with Gasteiger partial charge in [0.25, 0.3) is 11.7 Å². The van der Waals surface area contributed by atoms with Gasteiger partial charge in [-0.25, -0.2) is 0 Å². The number of Topliss-reactive ketones (excluding diaryl/α,β-unsaturated/α-hetero) is 1. The van der Waals surface area contributed by atoms with Crippen LogP contribution in [0.5, 0.6) is 17.2 Å². The largest absolute Gasteiger partial charge is 0.508 e. The highest BCUT2D eigenvalue weighted by Crippen LogP contribution is 2.44. The molecule has 0 spiro atoms. The number of amides is 1. The minimum absolute atomic E-state index is 0.0212. The smallest absolute Gasteiger partial charge is 0.300 e. The minimum Gasteiger partial charge on any atom is -0.508 e. The maximum atomic E-state index is 13.2. The number of ether oxygens (including phenoxy) is 2. The fourth-order valence-electron chi connectivity index (χ4n) is 3.79. The zero-order valence-electron chi connectivity index (χ0n) is 17.8. The number of aliphatic hydroxyl groups excluding tert-OH is 1. The number of rotatable bonds is 5. The van der Waals surface area contributed by atoms with E-state index in [2.05, 4.69) is 0 Å². The van der Waals surface area contributed by atoms with E-state index in [4.69, 9.17) is 21.1 Å². The molecule has 1 aliphatic rings. The lowest BCUT2D eigenvalue weighted by molar-refractivity contribution is -0.132. The molecule has 7 nitrogen and oxygen atoms in total. The molecular formula is C25H20ClNO6. The highest BCUT2D eigenvalue weighted by Gasteiger charge is 2.47. The molecule has 8 heteroatoms. The average molecular weight is 466 g/mol. The zero-order chi connectivity index (χ0) is 23.7. The summed E-state index contributed by atoms with van der Waals surface area (Å²) in [6.07, 6.45) is 0. The predicted octanol–water partition coefficient (Wildman–Crippen LogP) is 4.69. The third-order valence-corrected chi connectivity index (χ3v) is 5.74. The molecule has 0 saturated carbocycles. The third kappa shape index (κ3) is 3.99. The second-order valence-corrected chi connectivity index (χ2v) is 7.72. The van der Waals surface area contributed by atoms with Gasteiger partial charge in [-0.15, -0.1) is 0 Å². The van der Waals surface area contributed by atoms with Crippen molar-refractivity contribution in [1.29, 1.82) is 0 Å². The summed E-state index contributed by atoms with van der Waals surface area (Å²) in [5, 5.41) is 21.2. The van der Waals surface area contributed by atoms with Crippen LogP contribution < -0.4 is 14.4 Å². The van der Waals surface area contributed by atoms with Gasteiger partial charge in [-0.05, 0) is 48.0 Å². The maximum Gasteiger partial charge on any atom is 0.300 e. The van der Waals surface area contributed by atoms with Crippen LogP contribution in [0.15, 0.2) is 72.3 Å². The number of carbonyl (C=O) groups is 2. The number of ketones is 1. The molecule has 0 aliphatic carbocycles. The zero-order valence-corrected chi connectivity index (χ0v) is 18.5. The van der Waals surface area contributed by atoms with E-state index in [1.54, 1.807) is 42.5 Å². The highest BCUT2D eigenvalue weighted by atomic mass is 35.5. The van der Waals surface area contributed by atoms with Crippen molar-refractivity contribution < 1.29 is 29.3 Å². The number of hydrogen-bond donors (Lipinski definition) is 2. The summed E-state index contributed by atoms with van der Waals surface area (Å²) < 4.78 is 10.5. The fraction of sp³-hybridized carbons (Fsp3) is 0.120. The number of aromatic hydroxyl groups is 1. The van der Waals surface area contributed by atoms with E-state index in [1.807, 2.05) is 0 Å². The number of benzene rings is 3.